The van der Waals surface area contributed by atoms with E-state index in [1.165, 1.54) is 4.90 Å². The fraction of sp³-hybridized carbons (Fsp3) is 0.333. The van der Waals surface area contributed by atoms with Gasteiger partial charge >= 0.3 is 0 Å². The summed E-state index contributed by atoms with van der Waals surface area (Å²) in [7, 11) is 0. The molecular formula is C12H17NS. The normalized spacial score (nSPS) is 12.5. The van der Waals surface area contributed by atoms with Gasteiger partial charge in [0.1, 0.15) is 0 Å². The monoisotopic (exact) mass is 207 g/mol. The van der Waals surface area contributed by atoms with E-state index in [1.807, 2.05) is 18.7 Å². The van der Waals surface area contributed by atoms with Crippen molar-refractivity contribution in [2.75, 3.05) is 5.75 Å². The largest absolute Gasteiger partial charge is 0.321 e. The van der Waals surface area contributed by atoms with Crippen LogP contribution in [0.25, 0.3) is 0 Å². The van der Waals surface area contributed by atoms with Crippen LogP contribution in [0.4, 0.5) is 0 Å². The van der Waals surface area contributed by atoms with Crippen molar-refractivity contribution in [1.82, 2.24) is 0 Å². The molecule has 0 saturated heterocycles. The Kier molecular flexibility index (Phi) is 4.23. The molecule has 0 bridgehead atoms. The smallest absolute Gasteiger partial charge is 0.0505 e. The molecule has 1 aromatic carbocycles. The molecule has 0 aliphatic carbocycles. The molecule has 2 heteroatoms. The van der Waals surface area contributed by atoms with Crippen LogP contribution in [-0.2, 0) is 0 Å². The van der Waals surface area contributed by atoms with Crippen molar-refractivity contribution < 1.29 is 0 Å². The minimum atomic E-state index is -0.0318. The van der Waals surface area contributed by atoms with Crippen molar-refractivity contribution in [2.45, 2.75) is 24.8 Å². The van der Waals surface area contributed by atoms with E-state index in [0.717, 1.165) is 16.9 Å². The summed E-state index contributed by atoms with van der Waals surface area (Å²) in [4.78, 5) is 1.30. The predicted molar refractivity (Wildman–Crippen MR) is 64.6 cm³/mol. The van der Waals surface area contributed by atoms with Gasteiger partial charge in [-0.3, -0.25) is 0 Å². The fourth-order valence-corrected chi connectivity index (χ4v) is 1.88. The summed E-state index contributed by atoms with van der Waals surface area (Å²) in [5, 5.41) is 0. The minimum absolute atomic E-state index is 0.0318. The van der Waals surface area contributed by atoms with Gasteiger partial charge in [0.25, 0.3) is 0 Å². The molecule has 0 aliphatic rings. The first-order valence-electron chi connectivity index (χ1n) is 4.79. The van der Waals surface area contributed by atoms with Crippen LogP contribution in [0.1, 0.15) is 25.5 Å². The first-order valence-corrected chi connectivity index (χ1v) is 5.77. The van der Waals surface area contributed by atoms with Gasteiger partial charge in [0.2, 0.25) is 0 Å². The second-order valence-corrected chi connectivity index (χ2v) is 4.66. The Morgan fingerprint density at radius 3 is 2.43 bits per heavy atom. The van der Waals surface area contributed by atoms with Crippen molar-refractivity contribution in [2.24, 2.45) is 5.73 Å². The van der Waals surface area contributed by atoms with Crippen LogP contribution < -0.4 is 5.73 Å². The third kappa shape index (κ3) is 2.89. The van der Waals surface area contributed by atoms with E-state index in [4.69, 9.17) is 5.73 Å². The predicted octanol–water partition coefficient (Wildman–Crippen LogP) is 3.37. The molecule has 0 spiro atoms. The Balaban J connectivity index is 2.77. The number of thioether (sulfide) groups is 1. The zero-order chi connectivity index (χ0) is 10.6. The van der Waals surface area contributed by atoms with Crippen molar-refractivity contribution in [3.63, 3.8) is 0 Å². The second-order valence-electron chi connectivity index (χ2n) is 3.33. The maximum absolute atomic E-state index is 5.96. The maximum atomic E-state index is 5.96. The van der Waals surface area contributed by atoms with Crippen molar-refractivity contribution in [3.8, 4) is 0 Å². The topological polar surface area (TPSA) is 26.0 Å². The van der Waals surface area contributed by atoms with E-state index in [-0.39, 0.29) is 6.04 Å². The lowest BCUT2D eigenvalue weighted by atomic mass is 10.0. The summed E-state index contributed by atoms with van der Waals surface area (Å²) in [6, 6.07) is 8.36. The maximum Gasteiger partial charge on any atom is 0.0505 e. The average Bonchev–Trinajstić information content (AvgIpc) is 2.18. The third-order valence-electron chi connectivity index (χ3n) is 2.08. The number of hydrogen-bond donors (Lipinski definition) is 1. The zero-order valence-corrected chi connectivity index (χ0v) is 9.60. The van der Waals surface area contributed by atoms with Gasteiger partial charge in [0.15, 0.2) is 0 Å². The van der Waals surface area contributed by atoms with Crippen molar-refractivity contribution in [1.29, 1.82) is 0 Å². The van der Waals surface area contributed by atoms with Gasteiger partial charge in [-0.05, 0) is 30.4 Å². The fourth-order valence-electron chi connectivity index (χ4n) is 1.22. The van der Waals surface area contributed by atoms with E-state index >= 15 is 0 Å². The molecule has 0 amide bonds. The molecule has 0 aromatic heterocycles. The van der Waals surface area contributed by atoms with Crippen LogP contribution >= 0.6 is 11.8 Å². The molecule has 0 radical (unpaired) electrons. The van der Waals surface area contributed by atoms with E-state index in [2.05, 4.69) is 37.8 Å². The molecular weight excluding hydrogens is 190 g/mol. The molecule has 0 aliphatic heterocycles. The van der Waals surface area contributed by atoms with Crippen LogP contribution in [-0.4, -0.2) is 5.75 Å². The van der Waals surface area contributed by atoms with E-state index in [9.17, 15) is 0 Å². The van der Waals surface area contributed by atoms with Crippen LogP contribution in [0.5, 0.6) is 0 Å². The molecule has 0 fully saturated rings. The number of rotatable bonds is 4. The highest BCUT2D eigenvalue weighted by Gasteiger charge is 2.05. The van der Waals surface area contributed by atoms with Crippen molar-refractivity contribution in [3.05, 3.63) is 42.0 Å². The molecule has 1 atom stereocenters. The summed E-state index contributed by atoms with van der Waals surface area (Å²) in [5.41, 5.74) is 8.09. The number of nitrogens with two attached hydrogens (primary N) is 1. The Bertz CT molecular complexity index is 303. The summed E-state index contributed by atoms with van der Waals surface area (Å²) < 4.78 is 0. The van der Waals surface area contributed by atoms with Crippen LogP contribution in [0.3, 0.4) is 0 Å². The number of hydrogen-bond acceptors (Lipinski definition) is 2. The number of benzene rings is 1. The second kappa shape index (κ2) is 5.23. The highest BCUT2D eigenvalue weighted by Crippen LogP contribution is 2.22. The first kappa shape index (κ1) is 11.3. The molecule has 1 rings (SSSR count). The van der Waals surface area contributed by atoms with Crippen LogP contribution in [0, 0.1) is 0 Å². The van der Waals surface area contributed by atoms with E-state index in [0.29, 0.717) is 0 Å². The molecule has 0 heterocycles. The molecule has 76 valence electrons. The quantitative estimate of drug-likeness (QED) is 0.605. The highest BCUT2D eigenvalue weighted by molar-refractivity contribution is 7.99. The molecule has 1 unspecified atom stereocenters. The highest BCUT2D eigenvalue weighted by atomic mass is 32.2. The lowest BCUT2D eigenvalue weighted by molar-refractivity contribution is 0.849. The Labute approximate surface area is 90.4 Å². The summed E-state index contributed by atoms with van der Waals surface area (Å²) in [6.45, 7) is 7.97. The zero-order valence-electron chi connectivity index (χ0n) is 8.79. The van der Waals surface area contributed by atoms with Gasteiger partial charge in [-0.2, -0.15) is 0 Å². The summed E-state index contributed by atoms with van der Waals surface area (Å²) in [6.07, 6.45) is 0. The van der Waals surface area contributed by atoms with Gasteiger partial charge in [-0.1, -0.05) is 31.2 Å². The van der Waals surface area contributed by atoms with Crippen LogP contribution in [0.15, 0.2) is 41.3 Å². The van der Waals surface area contributed by atoms with Gasteiger partial charge < -0.3 is 5.73 Å². The van der Waals surface area contributed by atoms with E-state index in [1.54, 1.807) is 0 Å². The molecule has 0 saturated carbocycles. The molecule has 1 nitrogen and oxygen atoms in total. The Morgan fingerprint density at radius 1 is 1.43 bits per heavy atom. The Morgan fingerprint density at radius 2 is 2.00 bits per heavy atom. The minimum Gasteiger partial charge on any atom is -0.321 e. The van der Waals surface area contributed by atoms with Gasteiger partial charge in [0, 0.05) is 4.90 Å². The lowest BCUT2D eigenvalue weighted by Crippen LogP contribution is -2.10. The van der Waals surface area contributed by atoms with E-state index < -0.39 is 0 Å². The summed E-state index contributed by atoms with van der Waals surface area (Å²) >= 11 is 1.84. The van der Waals surface area contributed by atoms with Gasteiger partial charge in [-0.25, -0.2) is 0 Å². The Hall–Kier alpha value is -0.730. The van der Waals surface area contributed by atoms with Crippen molar-refractivity contribution >= 4 is 11.8 Å². The average molecular weight is 207 g/mol. The standard InChI is InChI=1S/C12H17NS/c1-4-14-11-7-5-10(6-8-11)12(13)9(2)3/h5-8,12H,2,4,13H2,1,3H3. The molecule has 14 heavy (non-hydrogen) atoms. The van der Waals surface area contributed by atoms with Crippen LogP contribution in [0.2, 0.25) is 0 Å². The SMILES string of the molecule is C=C(C)C(N)c1ccc(SCC)cc1. The van der Waals surface area contributed by atoms with Gasteiger partial charge in [0.05, 0.1) is 6.04 Å². The lowest BCUT2D eigenvalue weighted by Gasteiger charge is -2.11. The molecule has 1 aromatic rings. The third-order valence-corrected chi connectivity index (χ3v) is 2.98. The molecule has 2 N–H and O–H groups in total. The summed E-state index contributed by atoms with van der Waals surface area (Å²) in [5.74, 6) is 1.10. The first-order chi connectivity index (χ1) is 6.65. The van der Waals surface area contributed by atoms with Gasteiger partial charge in [-0.15, -0.1) is 11.8 Å².